The number of aliphatic hydroxyl groups is 1. The number of hydrogen-bond donors (Lipinski definition) is 2. The predicted octanol–water partition coefficient (Wildman–Crippen LogP) is 4.17. The maximum absolute atomic E-state index is 10.5. The Morgan fingerprint density at radius 1 is 1.27 bits per heavy atom. The highest BCUT2D eigenvalue weighted by Crippen LogP contribution is 2.27. The van der Waals surface area contributed by atoms with Crippen molar-refractivity contribution in [2.45, 2.75) is 44.6 Å². The second-order valence-electron chi connectivity index (χ2n) is 7.03. The minimum atomic E-state index is -0.740. The molecular formula is C22H30O4. The smallest absolute Gasteiger partial charge is 0.303 e. The van der Waals surface area contributed by atoms with Gasteiger partial charge in [-0.3, -0.25) is 4.79 Å². The quantitative estimate of drug-likeness (QED) is 0.487. The van der Waals surface area contributed by atoms with Crippen molar-refractivity contribution in [3.05, 3.63) is 60.2 Å². The Bertz CT molecular complexity index is 593. The number of hydrogen-bond acceptors (Lipinski definition) is 3. The first-order valence-electron chi connectivity index (χ1n) is 9.43. The molecule has 0 saturated carbocycles. The first kappa shape index (κ1) is 20.4. The summed E-state index contributed by atoms with van der Waals surface area (Å²) in [5, 5.41) is 19.1. The molecule has 2 unspecified atom stereocenters. The van der Waals surface area contributed by atoms with Gasteiger partial charge in [0.25, 0.3) is 0 Å². The fourth-order valence-electron chi connectivity index (χ4n) is 3.21. The third-order valence-corrected chi connectivity index (χ3v) is 5.01. The van der Waals surface area contributed by atoms with Crippen LogP contribution in [0.25, 0.3) is 0 Å². The Morgan fingerprint density at radius 2 is 2.04 bits per heavy atom. The highest BCUT2D eigenvalue weighted by atomic mass is 16.5. The number of carbonyl (C=O) groups is 1. The first-order valence-corrected chi connectivity index (χ1v) is 9.43. The van der Waals surface area contributed by atoms with Crippen molar-refractivity contribution in [2.24, 2.45) is 11.8 Å². The molecule has 2 N–H and O–H groups in total. The Labute approximate surface area is 156 Å². The van der Waals surface area contributed by atoms with Crippen molar-refractivity contribution in [1.29, 1.82) is 0 Å². The Morgan fingerprint density at radius 3 is 2.77 bits per heavy atom. The van der Waals surface area contributed by atoms with Gasteiger partial charge in [0.15, 0.2) is 0 Å². The molecule has 4 nitrogen and oxygen atoms in total. The number of benzene rings is 1. The maximum atomic E-state index is 10.5. The summed E-state index contributed by atoms with van der Waals surface area (Å²) in [7, 11) is 0. The van der Waals surface area contributed by atoms with Crippen molar-refractivity contribution in [1.82, 2.24) is 0 Å². The van der Waals surface area contributed by atoms with Crippen molar-refractivity contribution >= 4 is 5.97 Å². The largest absolute Gasteiger partial charge is 0.481 e. The first-order chi connectivity index (χ1) is 12.6. The summed E-state index contributed by atoms with van der Waals surface area (Å²) in [5.74, 6) is 0.0518. The Hall–Kier alpha value is -1.91. The van der Waals surface area contributed by atoms with E-state index in [2.05, 4.69) is 18.2 Å². The van der Waals surface area contributed by atoms with E-state index < -0.39 is 12.1 Å². The summed E-state index contributed by atoms with van der Waals surface area (Å²) in [6, 6.07) is 10.0. The van der Waals surface area contributed by atoms with Crippen LogP contribution in [0.1, 0.15) is 44.1 Å². The Balaban J connectivity index is 1.79. The van der Waals surface area contributed by atoms with Crippen LogP contribution in [0.15, 0.2) is 54.6 Å². The predicted molar refractivity (Wildman–Crippen MR) is 103 cm³/mol. The van der Waals surface area contributed by atoms with Gasteiger partial charge in [-0.2, -0.15) is 0 Å². The third kappa shape index (κ3) is 6.77. The fourth-order valence-corrected chi connectivity index (χ4v) is 3.21. The molecule has 0 amide bonds. The van der Waals surface area contributed by atoms with Crippen molar-refractivity contribution in [3.63, 3.8) is 0 Å². The molecule has 4 atom stereocenters. The van der Waals surface area contributed by atoms with Gasteiger partial charge >= 0.3 is 5.97 Å². The molecule has 0 aromatic heterocycles. The number of unbranched alkanes of at least 4 members (excludes halogenated alkanes) is 1. The van der Waals surface area contributed by atoms with E-state index in [1.54, 1.807) is 0 Å². The minimum Gasteiger partial charge on any atom is -0.481 e. The van der Waals surface area contributed by atoms with Crippen LogP contribution >= 0.6 is 0 Å². The number of allylic oxidation sites excluding steroid dienone is 2. The van der Waals surface area contributed by atoms with Gasteiger partial charge in [-0.25, -0.2) is 0 Å². The van der Waals surface area contributed by atoms with Gasteiger partial charge in [0, 0.05) is 18.3 Å². The van der Waals surface area contributed by atoms with E-state index in [9.17, 15) is 9.90 Å². The van der Waals surface area contributed by atoms with Crippen LogP contribution in [0.4, 0.5) is 0 Å². The summed E-state index contributed by atoms with van der Waals surface area (Å²) in [6.45, 7) is 3.46. The highest BCUT2D eigenvalue weighted by molar-refractivity contribution is 5.66. The molecular weight excluding hydrogens is 328 g/mol. The van der Waals surface area contributed by atoms with Gasteiger partial charge in [0.05, 0.1) is 19.3 Å². The van der Waals surface area contributed by atoms with Crippen LogP contribution < -0.4 is 0 Å². The van der Waals surface area contributed by atoms with Gasteiger partial charge in [-0.1, -0.05) is 61.6 Å². The molecule has 0 aliphatic carbocycles. The zero-order valence-electron chi connectivity index (χ0n) is 15.5. The van der Waals surface area contributed by atoms with E-state index in [0.717, 1.165) is 25.0 Å². The van der Waals surface area contributed by atoms with Gasteiger partial charge < -0.3 is 14.9 Å². The standard InChI is InChI=1S/C22H30O4/c1-17(18-9-6-4-7-10-18)21(23)14-13-20-16-26-15-19(20)11-5-2-3-8-12-22(24)25/h2,4-7,9-10,13-14,17,19-21,23H,3,8,11-12,15-16H2,1H3,(H,24,25)/b5-2-,14-13+/t17?,19-,20-,21?/m0/s1. The van der Waals surface area contributed by atoms with Crippen LogP contribution in [0, 0.1) is 11.8 Å². The molecule has 1 fully saturated rings. The lowest BCUT2D eigenvalue weighted by atomic mass is 9.90. The van der Waals surface area contributed by atoms with Crippen LogP contribution in [0.3, 0.4) is 0 Å². The number of carboxylic acid groups (broad SMARTS) is 1. The topological polar surface area (TPSA) is 66.8 Å². The minimum absolute atomic E-state index is 0.0577. The second-order valence-corrected chi connectivity index (χ2v) is 7.03. The SMILES string of the molecule is CC(c1ccccc1)C(O)/C=C/[C@H]1COC[C@@H]1C/C=C\CCCC(=O)O. The number of aliphatic carboxylic acids is 1. The molecule has 0 bridgehead atoms. The van der Waals surface area contributed by atoms with Gasteiger partial charge in [-0.05, 0) is 30.7 Å². The molecule has 1 saturated heterocycles. The van der Waals surface area contributed by atoms with Crippen LogP contribution in [-0.4, -0.2) is 35.5 Å². The molecule has 26 heavy (non-hydrogen) atoms. The van der Waals surface area contributed by atoms with Crippen LogP contribution in [0.2, 0.25) is 0 Å². The molecule has 1 aliphatic rings. The molecule has 1 heterocycles. The van der Waals surface area contributed by atoms with Gasteiger partial charge in [-0.15, -0.1) is 0 Å². The number of rotatable bonds is 10. The van der Waals surface area contributed by atoms with E-state index in [0.29, 0.717) is 24.9 Å². The lowest BCUT2D eigenvalue weighted by Gasteiger charge is -2.17. The summed E-state index contributed by atoms with van der Waals surface area (Å²) in [4.78, 5) is 10.5. The molecule has 0 radical (unpaired) electrons. The average Bonchev–Trinajstić information content (AvgIpc) is 3.09. The molecule has 4 heteroatoms. The highest BCUT2D eigenvalue weighted by Gasteiger charge is 2.25. The molecule has 2 rings (SSSR count). The Kier molecular flexibility index (Phi) is 8.59. The third-order valence-electron chi connectivity index (χ3n) is 5.01. The number of ether oxygens (including phenoxy) is 1. The molecule has 1 aromatic rings. The lowest BCUT2D eigenvalue weighted by Crippen LogP contribution is -2.15. The zero-order valence-corrected chi connectivity index (χ0v) is 15.5. The van der Waals surface area contributed by atoms with E-state index in [4.69, 9.17) is 9.84 Å². The summed E-state index contributed by atoms with van der Waals surface area (Å²) < 4.78 is 5.61. The van der Waals surface area contributed by atoms with E-state index in [-0.39, 0.29) is 12.3 Å². The van der Waals surface area contributed by atoms with Gasteiger partial charge in [0.2, 0.25) is 0 Å². The van der Waals surface area contributed by atoms with E-state index in [1.165, 1.54) is 0 Å². The average molecular weight is 358 g/mol. The van der Waals surface area contributed by atoms with E-state index >= 15 is 0 Å². The van der Waals surface area contributed by atoms with Crippen molar-refractivity contribution < 1.29 is 19.7 Å². The van der Waals surface area contributed by atoms with Gasteiger partial charge in [0.1, 0.15) is 0 Å². The van der Waals surface area contributed by atoms with E-state index in [1.807, 2.05) is 43.3 Å². The summed E-state index contributed by atoms with van der Waals surface area (Å²) in [6.07, 6.45) is 10.3. The summed E-state index contributed by atoms with van der Waals surface area (Å²) >= 11 is 0. The van der Waals surface area contributed by atoms with Crippen LogP contribution in [-0.2, 0) is 9.53 Å². The maximum Gasteiger partial charge on any atom is 0.303 e. The molecule has 142 valence electrons. The van der Waals surface area contributed by atoms with Crippen LogP contribution in [0.5, 0.6) is 0 Å². The zero-order chi connectivity index (χ0) is 18.8. The molecule has 1 aliphatic heterocycles. The normalized spacial score (nSPS) is 22.8. The summed E-state index contributed by atoms with van der Waals surface area (Å²) in [5.41, 5.74) is 1.13. The fraction of sp³-hybridized carbons (Fsp3) is 0.500. The second kappa shape index (κ2) is 10.9. The number of carboxylic acids is 1. The number of aliphatic hydroxyl groups excluding tert-OH is 1. The monoisotopic (exact) mass is 358 g/mol. The van der Waals surface area contributed by atoms with Crippen molar-refractivity contribution in [3.8, 4) is 0 Å². The lowest BCUT2D eigenvalue weighted by molar-refractivity contribution is -0.137. The van der Waals surface area contributed by atoms with Crippen molar-refractivity contribution in [2.75, 3.05) is 13.2 Å². The molecule has 1 aromatic carbocycles. The molecule has 0 spiro atoms.